The normalized spacial score (nSPS) is 14.6. The molecular weight excluding hydrogens is 246 g/mol. The fourth-order valence-electron chi connectivity index (χ4n) is 1.60. The Morgan fingerprint density at radius 2 is 2.28 bits per heavy atom. The third-order valence-electron chi connectivity index (χ3n) is 3.10. The number of rotatable bonds is 7. The molecule has 0 heterocycles. The summed E-state index contributed by atoms with van der Waals surface area (Å²) in [7, 11) is 0. The molecule has 98 valence electrons. The van der Waals surface area contributed by atoms with E-state index >= 15 is 0 Å². The molecule has 2 rings (SSSR count). The van der Waals surface area contributed by atoms with Crippen LogP contribution in [0.2, 0.25) is 5.02 Å². The van der Waals surface area contributed by atoms with Gasteiger partial charge >= 0.3 is 0 Å². The fourth-order valence-corrected chi connectivity index (χ4v) is 1.86. The van der Waals surface area contributed by atoms with Crippen molar-refractivity contribution in [2.75, 3.05) is 6.61 Å². The molecule has 2 nitrogen and oxygen atoms in total. The summed E-state index contributed by atoms with van der Waals surface area (Å²) in [6.07, 6.45) is 3.53. The van der Waals surface area contributed by atoms with Crippen molar-refractivity contribution in [1.82, 2.24) is 5.32 Å². The molecule has 0 amide bonds. The van der Waals surface area contributed by atoms with Crippen molar-refractivity contribution in [3.05, 3.63) is 40.9 Å². The number of benzene rings is 1. The Labute approximate surface area is 114 Å². The molecule has 18 heavy (non-hydrogen) atoms. The summed E-state index contributed by atoms with van der Waals surface area (Å²) in [5.74, 6) is 0.737. The van der Waals surface area contributed by atoms with Crippen LogP contribution in [0, 0.1) is 0 Å². The molecule has 1 aliphatic carbocycles. The molecule has 3 heteroatoms. The maximum Gasteiger partial charge on any atom is 0.138 e. The van der Waals surface area contributed by atoms with Crippen LogP contribution < -0.4 is 10.1 Å². The Morgan fingerprint density at radius 3 is 2.89 bits per heavy atom. The quantitative estimate of drug-likeness (QED) is 0.754. The van der Waals surface area contributed by atoms with Crippen LogP contribution in [0.15, 0.2) is 30.4 Å². The molecule has 0 spiro atoms. The first-order valence-corrected chi connectivity index (χ1v) is 6.88. The average Bonchev–Trinajstić information content (AvgIpc) is 3.18. The average molecular weight is 266 g/mol. The molecule has 0 aliphatic heterocycles. The molecule has 0 saturated heterocycles. The maximum atomic E-state index is 6.20. The highest BCUT2D eigenvalue weighted by atomic mass is 35.5. The fraction of sp³-hybridized carbons (Fsp3) is 0.467. The number of hydrogen-bond donors (Lipinski definition) is 1. The van der Waals surface area contributed by atoms with Gasteiger partial charge in [-0.3, -0.25) is 0 Å². The Morgan fingerprint density at radius 1 is 1.50 bits per heavy atom. The Hall–Kier alpha value is -0.990. The molecule has 0 radical (unpaired) electrons. The molecule has 1 saturated carbocycles. The zero-order valence-corrected chi connectivity index (χ0v) is 11.6. The van der Waals surface area contributed by atoms with Gasteiger partial charge in [-0.25, -0.2) is 0 Å². The predicted molar refractivity (Wildman–Crippen MR) is 76.2 cm³/mol. The van der Waals surface area contributed by atoms with E-state index in [2.05, 4.69) is 24.9 Å². The van der Waals surface area contributed by atoms with E-state index in [1.54, 1.807) is 0 Å². The van der Waals surface area contributed by atoms with E-state index in [0.717, 1.165) is 24.3 Å². The van der Waals surface area contributed by atoms with E-state index in [4.69, 9.17) is 16.3 Å². The van der Waals surface area contributed by atoms with Crippen LogP contribution in [-0.4, -0.2) is 12.6 Å². The first-order valence-electron chi connectivity index (χ1n) is 6.50. The molecule has 0 atom stereocenters. The van der Waals surface area contributed by atoms with Gasteiger partial charge in [-0.2, -0.15) is 0 Å². The Bertz CT molecular complexity index is 427. The SMILES string of the molecule is C=C(CC)COc1ccc(CNC2CC2)cc1Cl. The second-order valence-corrected chi connectivity index (χ2v) is 5.22. The van der Waals surface area contributed by atoms with Gasteiger partial charge in [0.25, 0.3) is 0 Å². The van der Waals surface area contributed by atoms with Gasteiger partial charge in [0.2, 0.25) is 0 Å². The van der Waals surface area contributed by atoms with Gasteiger partial charge in [0.15, 0.2) is 0 Å². The highest BCUT2D eigenvalue weighted by molar-refractivity contribution is 6.32. The van der Waals surface area contributed by atoms with Crippen molar-refractivity contribution in [3.8, 4) is 5.75 Å². The van der Waals surface area contributed by atoms with Crippen LogP contribution in [-0.2, 0) is 6.54 Å². The summed E-state index contributed by atoms with van der Waals surface area (Å²) in [4.78, 5) is 0. The Balaban J connectivity index is 1.89. The predicted octanol–water partition coefficient (Wildman–Crippen LogP) is 3.94. The molecule has 0 bridgehead atoms. The molecule has 1 aliphatic rings. The lowest BCUT2D eigenvalue weighted by molar-refractivity contribution is 0.349. The van der Waals surface area contributed by atoms with Crippen molar-refractivity contribution in [2.45, 2.75) is 38.8 Å². The third-order valence-corrected chi connectivity index (χ3v) is 3.40. The van der Waals surface area contributed by atoms with Crippen LogP contribution in [0.4, 0.5) is 0 Å². The first-order chi connectivity index (χ1) is 8.69. The lowest BCUT2D eigenvalue weighted by Crippen LogP contribution is -2.15. The smallest absolute Gasteiger partial charge is 0.138 e. The zero-order valence-electron chi connectivity index (χ0n) is 10.8. The summed E-state index contributed by atoms with van der Waals surface area (Å²) < 4.78 is 5.63. The van der Waals surface area contributed by atoms with Gasteiger partial charge in [-0.1, -0.05) is 31.2 Å². The molecule has 1 aromatic rings. The van der Waals surface area contributed by atoms with E-state index in [1.165, 1.54) is 18.4 Å². The first kappa shape index (κ1) is 13.4. The van der Waals surface area contributed by atoms with Gasteiger partial charge in [0.1, 0.15) is 12.4 Å². The van der Waals surface area contributed by atoms with E-state index in [0.29, 0.717) is 17.7 Å². The van der Waals surface area contributed by atoms with Crippen molar-refractivity contribution in [3.63, 3.8) is 0 Å². The minimum absolute atomic E-state index is 0.538. The summed E-state index contributed by atoms with van der Waals surface area (Å²) in [5.41, 5.74) is 2.28. The lowest BCUT2D eigenvalue weighted by atomic mass is 10.2. The van der Waals surface area contributed by atoms with Crippen LogP contribution in [0.25, 0.3) is 0 Å². The summed E-state index contributed by atoms with van der Waals surface area (Å²) >= 11 is 6.20. The minimum atomic E-state index is 0.538. The number of ether oxygens (including phenoxy) is 1. The molecule has 0 aromatic heterocycles. The second kappa shape index (κ2) is 6.26. The summed E-state index contributed by atoms with van der Waals surface area (Å²) in [5, 5.41) is 4.14. The van der Waals surface area contributed by atoms with Crippen molar-refractivity contribution in [1.29, 1.82) is 0 Å². The van der Waals surface area contributed by atoms with Gasteiger partial charge in [-0.15, -0.1) is 0 Å². The maximum absolute atomic E-state index is 6.20. The zero-order chi connectivity index (χ0) is 13.0. The Kier molecular flexibility index (Phi) is 4.67. The van der Waals surface area contributed by atoms with Crippen molar-refractivity contribution in [2.24, 2.45) is 0 Å². The van der Waals surface area contributed by atoms with Crippen molar-refractivity contribution >= 4 is 11.6 Å². The monoisotopic (exact) mass is 265 g/mol. The summed E-state index contributed by atoms with van der Waals surface area (Å²) in [6.45, 7) is 7.40. The van der Waals surface area contributed by atoms with Crippen LogP contribution >= 0.6 is 11.6 Å². The highest BCUT2D eigenvalue weighted by Gasteiger charge is 2.19. The van der Waals surface area contributed by atoms with E-state index in [1.807, 2.05) is 12.1 Å². The largest absolute Gasteiger partial charge is 0.488 e. The van der Waals surface area contributed by atoms with Crippen LogP contribution in [0.1, 0.15) is 31.7 Å². The molecule has 1 aromatic carbocycles. The third kappa shape index (κ3) is 4.04. The van der Waals surface area contributed by atoms with E-state index in [9.17, 15) is 0 Å². The van der Waals surface area contributed by atoms with E-state index < -0.39 is 0 Å². The van der Waals surface area contributed by atoms with Gasteiger partial charge in [0.05, 0.1) is 5.02 Å². The van der Waals surface area contributed by atoms with Crippen LogP contribution in [0.3, 0.4) is 0 Å². The van der Waals surface area contributed by atoms with Crippen molar-refractivity contribution < 1.29 is 4.74 Å². The second-order valence-electron chi connectivity index (χ2n) is 4.81. The topological polar surface area (TPSA) is 21.3 Å². The van der Waals surface area contributed by atoms with Crippen LogP contribution in [0.5, 0.6) is 5.75 Å². The number of hydrogen-bond acceptors (Lipinski definition) is 2. The summed E-state index contributed by atoms with van der Waals surface area (Å²) in [6, 6.07) is 6.69. The minimum Gasteiger partial charge on any atom is -0.488 e. The van der Waals surface area contributed by atoms with Gasteiger partial charge < -0.3 is 10.1 Å². The number of nitrogens with one attached hydrogen (secondary N) is 1. The van der Waals surface area contributed by atoms with E-state index in [-0.39, 0.29) is 0 Å². The molecule has 1 fully saturated rings. The highest BCUT2D eigenvalue weighted by Crippen LogP contribution is 2.26. The van der Waals surface area contributed by atoms with Gasteiger partial charge in [0, 0.05) is 12.6 Å². The molecule has 0 unspecified atom stereocenters. The molecular formula is C15H20ClNO. The standard InChI is InChI=1S/C15H20ClNO/c1-3-11(2)10-18-15-7-4-12(8-14(15)16)9-17-13-5-6-13/h4,7-8,13,17H,2-3,5-6,9-10H2,1H3. The lowest BCUT2D eigenvalue weighted by Gasteiger charge is -2.10. The number of halogens is 1. The van der Waals surface area contributed by atoms with Gasteiger partial charge in [-0.05, 0) is 42.5 Å². The molecule has 1 N–H and O–H groups in total.